The maximum atomic E-state index is 12.8. The lowest BCUT2D eigenvalue weighted by atomic mass is 10.0. The number of hydrogen-bond donors (Lipinski definition) is 1. The zero-order valence-corrected chi connectivity index (χ0v) is 15.0. The molecular weight excluding hydrogens is 344 g/mol. The molecule has 0 aliphatic carbocycles. The van der Waals surface area contributed by atoms with Crippen LogP contribution < -0.4 is 5.32 Å². The summed E-state index contributed by atoms with van der Waals surface area (Å²) >= 11 is 5.98. The minimum Gasteiger partial charge on any atom is -0.352 e. The summed E-state index contributed by atoms with van der Waals surface area (Å²) in [6.07, 6.45) is 4.33. The van der Waals surface area contributed by atoms with Gasteiger partial charge in [-0.15, -0.1) is 0 Å². The number of nitrogens with one attached hydrogen (secondary N) is 1. The van der Waals surface area contributed by atoms with Crippen LogP contribution in [0.5, 0.6) is 0 Å². The monoisotopic (exact) mass is 362 g/mol. The van der Waals surface area contributed by atoms with Crippen LogP contribution in [0.1, 0.15) is 16.8 Å². The fourth-order valence-corrected chi connectivity index (χ4v) is 2.70. The van der Waals surface area contributed by atoms with Crippen molar-refractivity contribution in [3.05, 3.63) is 101 Å². The minimum absolute atomic E-state index is 0.118. The van der Waals surface area contributed by atoms with E-state index in [2.05, 4.69) is 10.3 Å². The van der Waals surface area contributed by atoms with Crippen molar-refractivity contribution >= 4 is 29.2 Å². The molecule has 0 fully saturated rings. The first-order valence-corrected chi connectivity index (χ1v) is 8.81. The van der Waals surface area contributed by atoms with Crippen LogP contribution in [0.15, 0.2) is 79.0 Å². The second-order valence-corrected chi connectivity index (χ2v) is 6.24. The fourth-order valence-electron chi connectivity index (χ4n) is 2.57. The predicted octanol–water partition coefficient (Wildman–Crippen LogP) is 4.63. The number of benzene rings is 2. The van der Waals surface area contributed by atoms with Gasteiger partial charge in [0.1, 0.15) is 0 Å². The largest absolute Gasteiger partial charge is 0.352 e. The van der Waals surface area contributed by atoms with Crippen LogP contribution in [0.3, 0.4) is 0 Å². The lowest BCUT2D eigenvalue weighted by molar-refractivity contribution is -0.115. The summed E-state index contributed by atoms with van der Waals surface area (Å²) in [5.41, 5.74) is 3.35. The van der Waals surface area contributed by atoms with Gasteiger partial charge in [-0.3, -0.25) is 9.78 Å². The molecule has 3 rings (SSSR count). The maximum Gasteiger partial charge on any atom is 0.251 e. The molecule has 0 saturated carbocycles. The smallest absolute Gasteiger partial charge is 0.251 e. The molecule has 0 aliphatic rings. The average molecular weight is 363 g/mol. The number of carbonyl (C=O) groups is 1. The molecule has 0 unspecified atom stereocenters. The van der Waals surface area contributed by atoms with Crippen molar-refractivity contribution < 1.29 is 4.79 Å². The van der Waals surface area contributed by atoms with Crippen LogP contribution >= 0.6 is 11.6 Å². The Balaban J connectivity index is 1.77. The highest BCUT2D eigenvalue weighted by molar-refractivity contribution is 6.31. The molecule has 1 heterocycles. The number of carbonyl (C=O) groups excluding carboxylic acids is 1. The third-order valence-electron chi connectivity index (χ3n) is 3.90. The molecule has 1 N–H and O–H groups in total. The van der Waals surface area contributed by atoms with Gasteiger partial charge >= 0.3 is 0 Å². The Morgan fingerprint density at radius 3 is 2.38 bits per heavy atom. The molecule has 4 heteroatoms. The number of hydrogen-bond acceptors (Lipinski definition) is 2. The summed E-state index contributed by atoms with van der Waals surface area (Å²) < 4.78 is 0. The van der Waals surface area contributed by atoms with Gasteiger partial charge in [0.25, 0.3) is 5.91 Å². The topological polar surface area (TPSA) is 42.0 Å². The fraction of sp³-hybridized carbons (Fsp3) is 0.0909. The molecule has 3 aromatic rings. The van der Waals surface area contributed by atoms with Gasteiger partial charge in [0, 0.05) is 35.5 Å². The highest BCUT2D eigenvalue weighted by atomic mass is 35.5. The minimum atomic E-state index is -0.118. The predicted molar refractivity (Wildman–Crippen MR) is 107 cm³/mol. The molecule has 0 bridgehead atoms. The van der Waals surface area contributed by atoms with E-state index in [9.17, 15) is 4.79 Å². The summed E-state index contributed by atoms with van der Waals surface area (Å²) in [7, 11) is 0. The molecular formula is C22H19ClN2O. The van der Waals surface area contributed by atoms with E-state index in [1.54, 1.807) is 18.3 Å². The van der Waals surface area contributed by atoms with Crippen LogP contribution in [0.2, 0.25) is 5.02 Å². The second kappa shape index (κ2) is 8.97. The second-order valence-electron chi connectivity index (χ2n) is 5.80. The number of nitrogens with zero attached hydrogens (tertiary/aromatic N) is 1. The summed E-state index contributed by atoms with van der Waals surface area (Å²) in [6, 6.07) is 22.8. The van der Waals surface area contributed by atoms with E-state index in [0.717, 1.165) is 16.8 Å². The molecule has 26 heavy (non-hydrogen) atoms. The Morgan fingerprint density at radius 2 is 1.69 bits per heavy atom. The number of rotatable bonds is 6. The van der Waals surface area contributed by atoms with Gasteiger partial charge in [-0.25, -0.2) is 0 Å². The standard InChI is InChI=1S/C22H19ClN2O/c23-19-11-9-18(10-12-19)21(16-17-6-2-1-3-7-17)22(26)25-15-13-20-8-4-5-14-24-20/h1-12,14,16H,13,15H2,(H,25,26). The molecule has 3 nitrogen and oxygen atoms in total. The molecule has 130 valence electrons. The first-order chi connectivity index (χ1) is 12.7. The van der Waals surface area contributed by atoms with Crippen molar-refractivity contribution in [3.63, 3.8) is 0 Å². The van der Waals surface area contributed by atoms with E-state index in [4.69, 9.17) is 11.6 Å². The van der Waals surface area contributed by atoms with E-state index >= 15 is 0 Å². The summed E-state index contributed by atoms with van der Waals surface area (Å²) in [6.45, 7) is 0.523. The van der Waals surface area contributed by atoms with E-state index in [1.807, 2.05) is 66.7 Å². The van der Waals surface area contributed by atoms with Crippen molar-refractivity contribution in [2.24, 2.45) is 0 Å². The van der Waals surface area contributed by atoms with Crippen molar-refractivity contribution in [2.45, 2.75) is 6.42 Å². The molecule has 0 spiro atoms. The Bertz CT molecular complexity index is 875. The van der Waals surface area contributed by atoms with Crippen LogP contribution in [-0.2, 0) is 11.2 Å². The summed E-state index contributed by atoms with van der Waals surface area (Å²) in [4.78, 5) is 17.1. The Morgan fingerprint density at radius 1 is 0.962 bits per heavy atom. The van der Waals surface area contributed by atoms with Crippen molar-refractivity contribution in [3.8, 4) is 0 Å². The number of halogens is 1. The lowest BCUT2D eigenvalue weighted by Gasteiger charge is -2.10. The van der Waals surface area contributed by atoms with E-state index < -0.39 is 0 Å². The number of pyridine rings is 1. The molecule has 0 atom stereocenters. The highest BCUT2D eigenvalue weighted by Gasteiger charge is 2.12. The van der Waals surface area contributed by atoms with Gasteiger partial charge < -0.3 is 5.32 Å². The average Bonchev–Trinajstić information content (AvgIpc) is 2.68. The Kier molecular flexibility index (Phi) is 6.18. The molecule has 0 radical (unpaired) electrons. The number of amides is 1. The van der Waals surface area contributed by atoms with Gasteiger partial charge in [0.2, 0.25) is 0 Å². The highest BCUT2D eigenvalue weighted by Crippen LogP contribution is 2.21. The SMILES string of the molecule is O=C(NCCc1ccccn1)C(=Cc1ccccc1)c1ccc(Cl)cc1. The van der Waals surface area contributed by atoms with Crippen molar-refractivity contribution in [2.75, 3.05) is 6.54 Å². The van der Waals surface area contributed by atoms with E-state index in [-0.39, 0.29) is 5.91 Å². The summed E-state index contributed by atoms with van der Waals surface area (Å²) in [5, 5.41) is 3.63. The summed E-state index contributed by atoms with van der Waals surface area (Å²) in [5.74, 6) is -0.118. The third kappa shape index (κ3) is 5.04. The van der Waals surface area contributed by atoms with Crippen molar-refractivity contribution in [1.29, 1.82) is 0 Å². The van der Waals surface area contributed by atoms with Gasteiger partial charge in [-0.1, -0.05) is 60.1 Å². The Labute approximate surface area is 158 Å². The molecule has 2 aromatic carbocycles. The van der Waals surface area contributed by atoms with E-state index in [0.29, 0.717) is 23.6 Å². The van der Waals surface area contributed by atoms with E-state index in [1.165, 1.54) is 0 Å². The molecule has 0 saturated heterocycles. The van der Waals surface area contributed by atoms with Crippen LogP contribution in [-0.4, -0.2) is 17.4 Å². The normalized spacial score (nSPS) is 11.2. The maximum absolute atomic E-state index is 12.8. The lowest BCUT2D eigenvalue weighted by Crippen LogP contribution is -2.26. The zero-order valence-electron chi connectivity index (χ0n) is 14.2. The van der Waals surface area contributed by atoms with Gasteiger partial charge in [0.15, 0.2) is 0 Å². The van der Waals surface area contributed by atoms with Crippen molar-refractivity contribution in [1.82, 2.24) is 10.3 Å². The molecule has 0 aliphatic heterocycles. The van der Waals surface area contributed by atoms with Gasteiger partial charge in [-0.05, 0) is 41.5 Å². The quantitative estimate of drug-likeness (QED) is 0.513. The Hall–Kier alpha value is -2.91. The van der Waals surface area contributed by atoms with Gasteiger partial charge in [-0.2, -0.15) is 0 Å². The zero-order chi connectivity index (χ0) is 18.2. The van der Waals surface area contributed by atoms with Crippen LogP contribution in [0.25, 0.3) is 11.6 Å². The van der Waals surface area contributed by atoms with Crippen LogP contribution in [0, 0.1) is 0 Å². The molecule has 1 aromatic heterocycles. The van der Waals surface area contributed by atoms with Crippen LogP contribution in [0.4, 0.5) is 0 Å². The first kappa shape index (κ1) is 17.9. The van der Waals surface area contributed by atoms with Gasteiger partial charge in [0.05, 0.1) is 0 Å². The first-order valence-electron chi connectivity index (χ1n) is 8.43. The molecule has 1 amide bonds. The third-order valence-corrected chi connectivity index (χ3v) is 4.16. The number of aromatic nitrogens is 1.